The van der Waals surface area contributed by atoms with Crippen LogP contribution in [0, 0.1) is 10.1 Å². The van der Waals surface area contributed by atoms with Crippen molar-refractivity contribution in [2.45, 2.75) is 0 Å². The fraction of sp³-hybridized carbons (Fsp3) is 0. The Labute approximate surface area is 160 Å². The summed E-state index contributed by atoms with van der Waals surface area (Å²) in [7, 11) is 0. The summed E-state index contributed by atoms with van der Waals surface area (Å²) in [6.45, 7) is 0. The highest BCUT2D eigenvalue weighted by atomic mass is 16.6. The van der Waals surface area contributed by atoms with Gasteiger partial charge in [0.05, 0.1) is 4.92 Å². The molecule has 6 heteroatoms. The Morgan fingerprint density at radius 2 is 1.71 bits per heavy atom. The van der Waals surface area contributed by atoms with E-state index in [0.717, 1.165) is 21.9 Å². The monoisotopic (exact) mass is 370 g/mol. The minimum atomic E-state index is -0.517. The van der Waals surface area contributed by atoms with Crippen LogP contribution in [0.5, 0.6) is 0 Å². The average molecular weight is 370 g/mol. The van der Waals surface area contributed by atoms with E-state index >= 15 is 0 Å². The number of nitro benzene ring substituents is 1. The van der Waals surface area contributed by atoms with Gasteiger partial charge in [0.15, 0.2) is 5.70 Å². The highest BCUT2D eigenvalue weighted by Gasteiger charge is 2.23. The molecule has 0 unspecified atom stereocenters. The first-order valence-corrected chi connectivity index (χ1v) is 8.53. The predicted octanol–water partition coefficient (Wildman–Crippen LogP) is 4.65. The fourth-order valence-electron chi connectivity index (χ4n) is 2.83. The van der Waals surface area contributed by atoms with Crippen LogP contribution in [-0.4, -0.2) is 16.8 Å². The maximum atomic E-state index is 12.1. The molecular formula is C22H14N2O4. The fourth-order valence-corrected chi connectivity index (χ4v) is 2.83. The van der Waals surface area contributed by atoms with Crippen molar-refractivity contribution in [2.24, 2.45) is 4.99 Å². The van der Waals surface area contributed by atoms with Gasteiger partial charge in [-0.15, -0.1) is 0 Å². The number of nitro groups is 1. The lowest BCUT2D eigenvalue weighted by atomic mass is 10.1. The molecule has 0 saturated carbocycles. The van der Waals surface area contributed by atoms with E-state index < -0.39 is 10.9 Å². The van der Waals surface area contributed by atoms with Gasteiger partial charge in [0, 0.05) is 17.7 Å². The number of nitrogens with zero attached hydrogens (tertiary/aromatic N) is 2. The van der Waals surface area contributed by atoms with E-state index in [0.29, 0.717) is 0 Å². The van der Waals surface area contributed by atoms with Crippen LogP contribution in [0.3, 0.4) is 0 Å². The molecule has 0 bridgehead atoms. The summed E-state index contributed by atoms with van der Waals surface area (Å²) in [5, 5.41) is 12.8. The Kier molecular flexibility index (Phi) is 4.51. The Hall–Kier alpha value is -4.06. The number of allylic oxidation sites excluding steroid dienone is 2. The number of hydrogen-bond donors (Lipinski definition) is 0. The molecule has 0 aliphatic carbocycles. The zero-order valence-electron chi connectivity index (χ0n) is 14.6. The van der Waals surface area contributed by atoms with Gasteiger partial charge >= 0.3 is 5.97 Å². The third-order valence-corrected chi connectivity index (χ3v) is 4.26. The molecular weight excluding hydrogens is 356 g/mol. The largest absolute Gasteiger partial charge is 0.402 e. The van der Waals surface area contributed by atoms with Crippen molar-refractivity contribution < 1.29 is 14.5 Å². The molecule has 0 atom stereocenters. The van der Waals surface area contributed by atoms with Gasteiger partial charge in [-0.1, -0.05) is 42.5 Å². The molecule has 0 spiro atoms. The normalized spacial score (nSPS) is 15.2. The van der Waals surface area contributed by atoms with Gasteiger partial charge in [0.1, 0.15) is 0 Å². The van der Waals surface area contributed by atoms with Crippen molar-refractivity contribution in [3.05, 3.63) is 106 Å². The molecule has 0 radical (unpaired) electrons. The number of ether oxygens (including phenoxy) is 1. The summed E-state index contributed by atoms with van der Waals surface area (Å²) in [5.74, 6) is -0.248. The molecule has 6 nitrogen and oxygen atoms in total. The molecule has 4 rings (SSSR count). The van der Waals surface area contributed by atoms with Crippen molar-refractivity contribution >= 4 is 34.4 Å². The second-order valence-corrected chi connectivity index (χ2v) is 6.13. The number of carbonyl (C=O) groups excluding carboxylic acids is 1. The first kappa shape index (κ1) is 17.4. The van der Waals surface area contributed by atoms with Crippen molar-refractivity contribution in [1.82, 2.24) is 0 Å². The number of fused-ring (bicyclic) bond motifs is 1. The average Bonchev–Trinajstić information content (AvgIpc) is 3.08. The second kappa shape index (κ2) is 7.28. The summed E-state index contributed by atoms with van der Waals surface area (Å²) in [6, 6.07) is 19.8. The second-order valence-electron chi connectivity index (χ2n) is 6.13. The lowest BCUT2D eigenvalue weighted by molar-refractivity contribution is -0.384. The summed E-state index contributed by atoms with van der Waals surface area (Å²) in [5.41, 5.74) is 1.73. The van der Waals surface area contributed by atoms with Gasteiger partial charge in [-0.25, -0.2) is 9.79 Å². The van der Waals surface area contributed by atoms with Crippen molar-refractivity contribution in [3.63, 3.8) is 0 Å². The molecule has 1 aliphatic rings. The number of rotatable bonds is 4. The van der Waals surface area contributed by atoms with Crippen LogP contribution in [0.25, 0.3) is 16.8 Å². The molecule has 0 fully saturated rings. The van der Waals surface area contributed by atoms with E-state index in [1.807, 2.05) is 42.5 Å². The Bertz CT molecular complexity index is 1170. The number of aliphatic imine (C=N–C) groups is 1. The third kappa shape index (κ3) is 3.57. The van der Waals surface area contributed by atoms with Gasteiger partial charge in [-0.3, -0.25) is 10.1 Å². The van der Waals surface area contributed by atoms with Crippen LogP contribution < -0.4 is 0 Å². The van der Waals surface area contributed by atoms with Crippen molar-refractivity contribution in [3.8, 4) is 0 Å². The summed E-state index contributed by atoms with van der Waals surface area (Å²) in [4.78, 5) is 26.6. The summed E-state index contributed by atoms with van der Waals surface area (Å²) >= 11 is 0. The van der Waals surface area contributed by atoms with E-state index in [9.17, 15) is 14.9 Å². The number of carbonyl (C=O) groups is 1. The molecule has 136 valence electrons. The highest BCUT2D eigenvalue weighted by Crippen LogP contribution is 2.21. The molecule has 28 heavy (non-hydrogen) atoms. The number of non-ortho nitro benzene ring substituents is 1. The Morgan fingerprint density at radius 1 is 0.964 bits per heavy atom. The summed E-state index contributed by atoms with van der Waals surface area (Å²) in [6.07, 6.45) is 4.94. The smallest absolute Gasteiger partial charge is 0.363 e. The molecule has 1 heterocycles. The lowest BCUT2D eigenvalue weighted by Crippen LogP contribution is -2.05. The van der Waals surface area contributed by atoms with E-state index in [-0.39, 0.29) is 17.3 Å². The van der Waals surface area contributed by atoms with Crippen LogP contribution in [-0.2, 0) is 9.53 Å². The first-order valence-electron chi connectivity index (χ1n) is 8.53. The molecule has 0 N–H and O–H groups in total. The van der Waals surface area contributed by atoms with Gasteiger partial charge in [0.2, 0.25) is 5.90 Å². The Balaban J connectivity index is 1.55. The maximum absolute atomic E-state index is 12.1. The van der Waals surface area contributed by atoms with Crippen LogP contribution >= 0.6 is 0 Å². The molecule has 3 aromatic rings. The van der Waals surface area contributed by atoms with Crippen LogP contribution in [0.2, 0.25) is 0 Å². The van der Waals surface area contributed by atoms with E-state index in [2.05, 4.69) is 4.99 Å². The van der Waals surface area contributed by atoms with Crippen molar-refractivity contribution in [2.75, 3.05) is 0 Å². The third-order valence-electron chi connectivity index (χ3n) is 4.26. The van der Waals surface area contributed by atoms with Gasteiger partial charge in [0.25, 0.3) is 5.69 Å². The van der Waals surface area contributed by atoms with Crippen LogP contribution in [0.4, 0.5) is 5.69 Å². The summed E-state index contributed by atoms with van der Waals surface area (Å²) < 4.78 is 5.29. The SMILES string of the molecule is O=C1OC(c2ccc3ccccc3c2)=NC1=CC=Cc1ccc([N+](=O)[O-])cc1. The zero-order valence-corrected chi connectivity index (χ0v) is 14.6. The standard InChI is InChI=1S/C22H14N2O4/c25-22-20(7-3-4-15-8-12-19(13-9-15)24(26)27)23-21(28-22)18-11-10-16-5-1-2-6-17(16)14-18/h1-14H. The number of benzene rings is 3. The van der Waals surface area contributed by atoms with E-state index in [1.165, 1.54) is 12.1 Å². The van der Waals surface area contributed by atoms with E-state index in [1.54, 1.807) is 30.4 Å². The van der Waals surface area contributed by atoms with Gasteiger partial charge < -0.3 is 4.74 Å². The number of esters is 1. The Morgan fingerprint density at radius 3 is 2.46 bits per heavy atom. The van der Waals surface area contributed by atoms with Gasteiger partial charge in [-0.2, -0.15) is 0 Å². The predicted molar refractivity (Wildman–Crippen MR) is 107 cm³/mol. The molecule has 1 aliphatic heterocycles. The molecule has 3 aromatic carbocycles. The molecule has 0 saturated heterocycles. The van der Waals surface area contributed by atoms with Crippen molar-refractivity contribution in [1.29, 1.82) is 0 Å². The first-order chi connectivity index (χ1) is 13.6. The van der Waals surface area contributed by atoms with E-state index in [4.69, 9.17) is 4.74 Å². The van der Waals surface area contributed by atoms with Crippen LogP contribution in [0.1, 0.15) is 11.1 Å². The molecule has 0 aromatic heterocycles. The minimum Gasteiger partial charge on any atom is -0.402 e. The van der Waals surface area contributed by atoms with Gasteiger partial charge in [-0.05, 0) is 46.7 Å². The number of hydrogen-bond acceptors (Lipinski definition) is 5. The van der Waals surface area contributed by atoms with Crippen LogP contribution in [0.15, 0.2) is 89.6 Å². The minimum absolute atomic E-state index is 0.0273. The maximum Gasteiger partial charge on any atom is 0.363 e. The molecule has 0 amide bonds. The highest BCUT2D eigenvalue weighted by molar-refractivity contribution is 6.12. The topological polar surface area (TPSA) is 81.8 Å². The number of cyclic esters (lactones) is 1. The lowest BCUT2D eigenvalue weighted by Gasteiger charge is -2.02. The quantitative estimate of drug-likeness (QED) is 0.290. The zero-order chi connectivity index (χ0) is 19.5.